The van der Waals surface area contributed by atoms with E-state index in [2.05, 4.69) is 5.32 Å². The largest absolute Gasteiger partial charge is 0.326 e. The lowest BCUT2D eigenvalue weighted by Gasteiger charge is -2.21. The van der Waals surface area contributed by atoms with Crippen LogP contribution in [0.25, 0.3) is 0 Å². The summed E-state index contributed by atoms with van der Waals surface area (Å²) in [6, 6.07) is 16.5. The van der Waals surface area contributed by atoms with Gasteiger partial charge < -0.3 is 5.32 Å². The Hall–Kier alpha value is -2.00. The van der Waals surface area contributed by atoms with Crippen LogP contribution in [-0.4, -0.2) is 12.6 Å². The molecule has 0 bridgehead atoms. The minimum atomic E-state index is -0.193. The molecule has 0 spiro atoms. The zero-order valence-electron chi connectivity index (χ0n) is 10.6. The Kier molecular flexibility index (Phi) is 4.42. The Morgan fingerprint density at radius 3 is 2.37 bits per heavy atom. The number of nitrogens with one attached hydrogen (secondary N) is 1. The normalized spacial score (nSPS) is 10.0. The molecule has 2 rings (SSSR count). The van der Waals surface area contributed by atoms with E-state index in [0.717, 1.165) is 5.69 Å². The van der Waals surface area contributed by atoms with Gasteiger partial charge in [-0.1, -0.05) is 41.9 Å². The molecular formula is C15H15ClN2O. The van der Waals surface area contributed by atoms with Crippen LogP contribution < -0.4 is 10.2 Å². The molecule has 0 saturated carbocycles. The van der Waals surface area contributed by atoms with Gasteiger partial charge in [-0.2, -0.15) is 0 Å². The first kappa shape index (κ1) is 13.4. The van der Waals surface area contributed by atoms with E-state index in [4.69, 9.17) is 11.6 Å². The summed E-state index contributed by atoms with van der Waals surface area (Å²) in [7, 11) is 0. The van der Waals surface area contributed by atoms with Crippen molar-refractivity contribution in [2.24, 2.45) is 0 Å². The minimum Gasteiger partial charge on any atom is -0.306 e. The second-order valence-electron chi connectivity index (χ2n) is 3.99. The van der Waals surface area contributed by atoms with Gasteiger partial charge in [0.2, 0.25) is 0 Å². The maximum Gasteiger partial charge on any atom is 0.326 e. The van der Waals surface area contributed by atoms with Gasteiger partial charge in [-0.15, -0.1) is 0 Å². The highest BCUT2D eigenvalue weighted by atomic mass is 35.5. The number of halogens is 1. The highest BCUT2D eigenvalue weighted by molar-refractivity contribution is 6.33. The maximum atomic E-state index is 12.3. The average molecular weight is 275 g/mol. The zero-order chi connectivity index (χ0) is 13.7. The number of carbonyl (C=O) groups excluding carboxylic acids is 1. The monoisotopic (exact) mass is 274 g/mol. The van der Waals surface area contributed by atoms with Crippen molar-refractivity contribution < 1.29 is 4.79 Å². The third-order valence-corrected chi connectivity index (χ3v) is 3.07. The summed E-state index contributed by atoms with van der Waals surface area (Å²) in [5.74, 6) is 0. The van der Waals surface area contributed by atoms with E-state index in [1.165, 1.54) is 0 Å². The predicted molar refractivity (Wildman–Crippen MR) is 79.9 cm³/mol. The lowest BCUT2D eigenvalue weighted by Crippen LogP contribution is -2.34. The molecule has 2 amide bonds. The first-order valence-corrected chi connectivity index (χ1v) is 6.48. The number of para-hydroxylation sites is 2. The molecular weight excluding hydrogens is 260 g/mol. The van der Waals surface area contributed by atoms with Gasteiger partial charge in [0, 0.05) is 12.2 Å². The van der Waals surface area contributed by atoms with Crippen molar-refractivity contribution in [3.8, 4) is 0 Å². The van der Waals surface area contributed by atoms with Crippen LogP contribution in [0.15, 0.2) is 54.6 Å². The molecule has 0 aliphatic carbocycles. The van der Waals surface area contributed by atoms with Crippen molar-refractivity contribution in [1.29, 1.82) is 0 Å². The summed E-state index contributed by atoms with van der Waals surface area (Å²) in [5, 5.41) is 3.34. The topological polar surface area (TPSA) is 32.3 Å². The molecule has 0 heterocycles. The number of carbonyl (C=O) groups is 1. The van der Waals surface area contributed by atoms with Gasteiger partial charge in [0.25, 0.3) is 0 Å². The van der Waals surface area contributed by atoms with E-state index in [9.17, 15) is 4.79 Å². The zero-order valence-corrected chi connectivity index (χ0v) is 11.4. The summed E-state index contributed by atoms with van der Waals surface area (Å²) < 4.78 is 0. The molecule has 1 N–H and O–H groups in total. The number of hydrogen-bond donors (Lipinski definition) is 1. The highest BCUT2D eigenvalue weighted by Crippen LogP contribution is 2.22. The Morgan fingerprint density at radius 2 is 1.74 bits per heavy atom. The fourth-order valence-corrected chi connectivity index (χ4v) is 1.98. The number of benzene rings is 2. The summed E-state index contributed by atoms with van der Waals surface area (Å²) in [6.07, 6.45) is 0. The van der Waals surface area contributed by atoms with Crippen molar-refractivity contribution in [2.45, 2.75) is 6.92 Å². The molecule has 2 aromatic rings. The molecule has 0 unspecified atom stereocenters. The Balaban J connectivity index is 2.17. The number of anilines is 2. The van der Waals surface area contributed by atoms with Crippen LogP contribution in [0.2, 0.25) is 5.02 Å². The van der Waals surface area contributed by atoms with Crippen molar-refractivity contribution >= 4 is 29.0 Å². The molecule has 3 nitrogen and oxygen atoms in total. The van der Waals surface area contributed by atoms with Crippen LogP contribution in [0.5, 0.6) is 0 Å². The van der Waals surface area contributed by atoms with Crippen LogP contribution in [0, 0.1) is 0 Å². The van der Waals surface area contributed by atoms with E-state index in [-0.39, 0.29) is 6.03 Å². The van der Waals surface area contributed by atoms with Crippen LogP contribution in [-0.2, 0) is 0 Å². The molecule has 0 aromatic heterocycles. The molecule has 0 saturated heterocycles. The molecule has 98 valence electrons. The van der Waals surface area contributed by atoms with Crippen LogP contribution in [0.4, 0.5) is 16.2 Å². The molecule has 0 atom stereocenters. The van der Waals surface area contributed by atoms with E-state index in [1.54, 1.807) is 17.0 Å². The second-order valence-corrected chi connectivity index (χ2v) is 4.40. The smallest absolute Gasteiger partial charge is 0.306 e. The molecule has 4 heteroatoms. The third kappa shape index (κ3) is 3.26. The third-order valence-electron chi connectivity index (χ3n) is 2.74. The van der Waals surface area contributed by atoms with Gasteiger partial charge >= 0.3 is 6.03 Å². The number of hydrogen-bond acceptors (Lipinski definition) is 1. The first-order valence-electron chi connectivity index (χ1n) is 6.10. The number of rotatable bonds is 3. The summed E-state index contributed by atoms with van der Waals surface area (Å²) in [5.41, 5.74) is 1.47. The maximum absolute atomic E-state index is 12.3. The molecule has 2 aromatic carbocycles. The fraction of sp³-hybridized carbons (Fsp3) is 0.133. The molecule has 0 aliphatic heterocycles. The molecule has 19 heavy (non-hydrogen) atoms. The summed E-state index contributed by atoms with van der Waals surface area (Å²) >= 11 is 6.03. The highest BCUT2D eigenvalue weighted by Gasteiger charge is 2.14. The average Bonchev–Trinajstić information content (AvgIpc) is 2.43. The van der Waals surface area contributed by atoms with Crippen LogP contribution in [0.1, 0.15) is 6.92 Å². The second kappa shape index (κ2) is 6.25. The lowest BCUT2D eigenvalue weighted by molar-refractivity contribution is 0.257. The van der Waals surface area contributed by atoms with Crippen molar-refractivity contribution in [1.82, 2.24) is 0 Å². The van der Waals surface area contributed by atoms with E-state index >= 15 is 0 Å². The summed E-state index contributed by atoms with van der Waals surface area (Å²) in [6.45, 7) is 2.51. The lowest BCUT2D eigenvalue weighted by atomic mass is 10.3. The Labute approximate surface area is 117 Å². The van der Waals surface area contributed by atoms with E-state index in [1.807, 2.05) is 49.4 Å². The van der Waals surface area contributed by atoms with Crippen molar-refractivity contribution in [3.63, 3.8) is 0 Å². The standard InChI is InChI=1S/C15H15ClN2O/c1-2-18(12-8-4-3-5-9-12)15(19)17-14-11-7-6-10-13(14)16/h3-11H,2H2,1H3,(H,17,19). The van der Waals surface area contributed by atoms with Gasteiger partial charge in [-0.25, -0.2) is 4.79 Å². The fourth-order valence-electron chi connectivity index (χ4n) is 1.80. The Morgan fingerprint density at radius 1 is 1.11 bits per heavy atom. The van der Waals surface area contributed by atoms with Crippen molar-refractivity contribution in [3.05, 3.63) is 59.6 Å². The first-order chi connectivity index (χ1) is 9.22. The summed E-state index contributed by atoms with van der Waals surface area (Å²) in [4.78, 5) is 13.9. The minimum absolute atomic E-state index is 0.193. The van der Waals surface area contributed by atoms with Crippen LogP contribution >= 0.6 is 11.6 Å². The van der Waals surface area contributed by atoms with Gasteiger partial charge in [0.1, 0.15) is 0 Å². The van der Waals surface area contributed by atoms with E-state index in [0.29, 0.717) is 17.3 Å². The number of amides is 2. The Bertz CT molecular complexity index is 557. The van der Waals surface area contributed by atoms with Gasteiger partial charge in [0.05, 0.1) is 10.7 Å². The SMILES string of the molecule is CCN(C(=O)Nc1ccccc1Cl)c1ccccc1. The predicted octanol–water partition coefficient (Wildman–Crippen LogP) is 4.40. The number of nitrogens with zero attached hydrogens (tertiary/aromatic N) is 1. The van der Waals surface area contributed by atoms with Crippen LogP contribution in [0.3, 0.4) is 0 Å². The van der Waals surface area contributed by atoms with E-state index < -0.39 is 0 Å². The van der Waals surface area contributed by atoms with Gasteiger partial charge in [-0.05, 0) is 31.2 Å². The molecule has 0 radical (unpaired) electrons. The molecule has 0 fully saturated rings. The van der Waals surface area contributed by atoms with Gasteiger partial charge in [-0.3, -0.25) is 4.90 Å². The van der Waals surface area contributed by atoms with Crippen molar-refractivity contribution in [2.75, 3.05) is 16.8 Å². The molecule has 0 aliphatic rings. The number of urea groups is 1. The quantitative estimate of drug-likeness (QED) is 0.884. The van der Waals surface area contributed by atoms with Gasteiger partial charge in [0.15, 0.2) is 0 Å².